The highest BCUT2D eigenvalue weighted by molar-refractivity contribution is 6.98. The summed E-state index contributed by atoms with van der Waals surface area (Å²) in [5, 5.41) is 4.41. The van der Waals surface area contributed by atoms with Crippen LogP contribution in [0.25, 0.3) is 0 Å². The van der Waals surface area contributed by atoms with Crippen LogP contribution in [0.15, 0.2) is 158 Å². The highest BCUT2D eigenvalue weighted by Crippen LogP contribution is 2.39. The predicted molar refractivity (Wildman–Crippen MR) is 198 cm³/mol. The van der Waals surface area contributed by atoms with Gasteiger partial charge < -0.3 is 8.85 Å². The van der Waals surface area contributed by atoms with Crippen molar-refractivity contribution in [2.24, 2.45) is 0 Å². The second-order valence-electron chi connectivity index (χ2n) is 12.0. The van der Waals surface area contributed by atoms with Gasteiger partial charge in [0.25, 0.3) is 0 Å². The van der Waals surface area contributed by atoms with Gasteiger partial charge in [-0.2, -0.15) is 0 Å². The largest absolute Gasteiger partial charge is 0.534 e. The Hall–Kier alpha value is -5.31. The average Bonchev–Trinajstić information content (AvgIpc) is 3.16. The Kier molecular flexibility index (Phi) is 8.52. The molecule has 0 spiro atoms. The smallest absolute Gasteiger partial charge is 0.314 e. The van der Waals surface area contributed by atoms with Gasteiger partial charge in [-0.3, -0.25) is 9.59 Å². The summed E-state index contributed by atoms with van der Waals surface area (Å²) in [4.78, 5) is 29.2. The molecule has 6 aromatic rings. The molecule has 6 heteroatoms. The van der Waals surface area contributed by atoms with E-state index in [9.17, 15) is 9.59 Å². The first-order valence-electron chi connectivity index (χ1n) is 16.5. The molecule has 0 bridgehead atoms. The van der Waals surface area contributed by atoms with Crippen molar-refractivity contribution in [1.29, 1.82) is 0 Å². The van der Waals surface area contributed by atoms with E-state index in [-0.39, 0.29) is 11.6 Å². The topological polar surface area (TPSA) is 52.6 Å². The summed E-state index contributed by atoms with van der Waals surface area (Å²) in [6.07, 6.45) is 0. The van der Waals surface area contributed by atoms with Crippen LogP contribution in [0.2, 0.25) is 12.1 Å². The van der Waals surface area contributed by atoms with Gasteiger partial charge in [-0.15, -0.1) is 0 Å². The van der Waals surface area contributed by atoms with Crippen molar-refractivity contribution in [1.82, 2.24) is 0 Å². The molecule has 0 aliphatic heterocycles. The van der Waals surface area contributed by atoms with E-state index in [1.54, 1.807) is 12.1 Å². The number of hydrogen-bond donors (Lipinski definition) is 0. The van der Waals surface area contributed by atoms with Crippen molar-refractivity contribution in [3.63, 3.8) is 0 Å². The lowest BCUT2D eigenvalue weighted by atomic mass is 9.83. The lowest BCUT2D eigenvalue weighted by molar-refractivity contribution is 0.0976. The van der Waals surface area contributed by atoms with Gasteiger partial charge in [-0.1, -0.05) is 159 Å². The van der Waals surface area contributed by atoms with Crippen molar-refractivity contribution in [2.75, 3.05) is 0 Å². The van der Waals surface area contributed by atoms with Crippen LogP contribution >= 0.6 is 0 Å². The maximum atomic E-state index is 14.6. The van der Waals surface area contributed by atoms with Crippen LogP contribution in [-0.2, 0) is 0 Å². The standard InChI is InChI=1S/C42H36O4Si2/c1-3-47(31-19-9-5-10-20-31,32-21-11-6-12-22-32)45-37-29-17-27-35-39(37)41(43)36-28-18-30-38(40(36)42(35)44)46-48(4-2,33-23-13-7-14-24-33)34-25-15-8-16-26-34/h5-30H,3-4H2,1-2H3. The Morgan fingerprint density at radius 3 is 0.958 bits per heavy atom. The quantitative estimate of drug-likeness (QED) is 0.152. The molecule has 1 aliphatic carbocycles. The normalized spacial score (nSPS) is 12.6. The number of benzene rings is 6. The van der Waals surface area contributed by atoms with Gasteiger partial charge in [0, 0.05) is 11.1 Å². The molecular formula is C42H36O4Si2. The van der Waals surface area contributed by atoms with Crippen LogP contribution in [0, 0.1) is 0 Å². The van der Waals surface area contributed by atoms with Crippen molar-refractivity contribution in [3.8, 4) is 11.5 Å². The van der Waals surface area contributed by atoms with Crippen LogP contribution in [0.5, 0.6) is 11.5 Å². The number of carbonyl (C=O) groups is 2. The van der Waals surface area contributed by atoms with E-state index in [1.807, 2.05) is 97.1 Å². The molecule has 48 heavy (non-hydrogen) atoms. The molecule has 0 unspecified atom stereocenters. The van der Waals surface area contributed by atoms with Crippen LogP contribution in [0.3, 0.4) is 0 Å². The Bertz CT molecular complexity index is 1850. The zero-order valence-electron chi connectivity index (χ0n) is 27.1. The second-order valence-corrected chi connectivity index (χ2v) is 19.5. The molecule has 0 fully saturated rings. The molecule has 0 saturated heterocycles. The number of hydrogen-bond acceptors (Lipinski definition) is 4. The van der Waals surface area contributed by atoms with Crippen molar-refractivity contribution >= 4 is 48.9 Å². The molecule has 0 atom stereocenters. The van der Waals surface area contributed by atoms with Crippen LogP contribution < -0.4 is 29.6 Å². The predicted octanol–water partition coefficient (Wildman–Crippen LogP) is 6.78. The first-order chi connectivity index (χ1) is 23.5. The zero-order valence-corrected chi connectivity index (χ0v) is 29.1. The molecule has 0 N–H and O–H groups in total. The molecule has 6 aromatic carbocycles. The zero-order chi connectivity index (χ0) is 33.1. The number of rotatable bonds is 10. The third-order valence-corrected chi connectivity index (χ3v) is 17.7. The lowest BCUT2D eigenvalue weighted by Gasteiger charge is -2.35. The molecule has 0 heterocycles. The molecule has 0 amide bonds. The molecule has 0 radical (unpaired) electrons. The monoisotopic (exact) mass is 660 g/mol. The van der Waals surface area contributed by atoms with Crippen molar-refractivity contribution in [2.45, 2.75) is 25.9 Å². The van der Waals surface area contributed by atoms with Gasteiger partial charge in [-0.25, -0.2) is 0 Å². The summed E-state index contributed by atoms with van der Waals surface area (Å²) >= 11 is 0. The minimum atomic E-state index is -2.87. The number of fused-ring (bicyclic) bond motifs is 2. The van der Waals surface area contributed by atoms with Crippen LogP contribution in [0.4, 0.5) is 0 Å². The van der Waals surface area contributed by atoms with Crippen LogP contribution in [0.1, 0.15) is 45.7 Å². The molecule has 236 valence electrons. The minimum absolute atomic E-state index is 0.232. The summed E-state index contributed by atoms with van der Waals surface area (Å²) in [5.74, 6) is 0.415. The fourth-order valence-corrected chi connectivity index (χ4v) is 14.2. The van der Waals surface area contributed by atoms with E-state index in [0.29, 0.717) is 33.8 Å². The van der Waals surface area contributed by atoms with E-state index in [2.05, 4.69) is 62.4 Å². The number of ketones is 2. The Morgan fingerprint density at radius 2 is 0.688 bits per heavy atom. The Morgan fingerprint density at radius 1 is 0.396 bits per heavy atom. The first kappa shape index (κ1) is 31.3. The van der Waals surface area contributed by atoms with Gasteiger partial charge in [0.2, 0.25) is 0 Å². The SMILES string of the molecule is CC[Si](Oc1cccc2c1C(=O)c1cccc(O[Si](CC)(c3ccccc3)c3ccccc3)c1C2=O)(c1ccccc1)c1ccccc1. The van der Waals surface area contributed by atoms with E-state index >= 15 is 0 Å². The van der Waals surface area contributed by atoms with Gasteiger partial charge in [-0.05, 0) is 45.0 Å². The maximum absolute atomic E-state index is 14.6. The molecular weight excluding hydrogens is 625 g/mol. The highest BCUT2D eigenvalue weighted by atomic mass is 28.4. The average molecular weight is 661 g/mol. The molecule has 1 aliphatic rings. The molecule has 0 saturated carbocycles. The summed E-state index contributed by atoms with van der Waals surface area (Å²) in [7, 11) is -5.74. The van der Waals surface area contributed by atoms with E-state index in [0.717, 1.165) is 32.8 Å². The summed E-state index contributed by atoms with van der Waals surface area (Å²) < 4.78 is 14.3. The van der Waals surface area contributed by atoms with E-state index < -0.39 is 16.6 Å². The first-order valence-corrected chi connectivity index (χ1v) is 20.7. The minimum Gasteiger partial charge on any atom is -0.534 e. The van der Waals surface area contributed by atoms with Crippen LogP contribution in [-0.4, -0.2) is 28.2 Å². The Labute approximate surface area is 283 Å². The summed E-state index contributed by atoms with van der Waals surface area (Å²) in [6, 6.07) is 53.3. The summed E-state index contributed by atoms with van der Waals surface area (Å²) in [6.45, 7) is 4.27. The molecule has 7 rings (SSSR count). The highest BCUT2D eigenvalue weighted by Gasteiger charge is 2.44. The fraction of sp³-hybridized carbons (Fsp3) is 0.0952. The third kappa shape index (κ3) is 5.23. The summed E-state index contributed by atoms with van der Waals surface area (Å²) in [5.41, 5.74) is 1.30. The lowest BCUT2D eigenvalue weighted by Crippen LogP contribution is -2.63. The van der Waals surface area contributed by atoms with E-state index in [1.165, 1.54) is 0 Å². The second kappa shape index (κ2) is 13.1. The van der Waals surface area contributed by atoms with Gasteiger partial charge in [0.1, 0.15) is 11.5 Å². The maximum Gasteiger partial charge on any atom is 0.314 e. The van der Waals surface area contributed by atoms with Gasteiger partial charge >= 0.3 is 16.6 Å². The Balaban J connectivity index is 1.35. The van der Waals surface area contributed by atoms with Gasteiger partial charge in [0.05, 0.1) is 11.1 Å². The third-order valence-electron chi connectivity index (χ3n) is 9.52. The fourth-order valence-electron chi connectivity index (χ4n) is 7.08. The van der Waals surface area contributed by atoms with Crippen molar-refractivity contribution < 1.29 is 18.4 Å². The van der Waals surface area contributed by atoms with E-state index in [4.69, 9.17) is 8.85 Å². The number of carbonyl (C=O) groups excluding carboxylic acids is 2. The van der Waals surface area contributed by atoms with Gasteiger partial charge in [0.15, 0.2) is 11.6 Å². The van der Waals surface area contributed by atoms with Crippen molar-refractivity contribution in [3.05, 3.63) is 180 Å². The molecule has 0 aromatic heterocycles. The molecule has 4 nitrogen and oxygen atoms in total.